The molecule has 0 unspecified atom stereocenters. The number of aliphatic hydroxyl groups is 1. The first kappa shape index (κ1) is 16.0. The normalized spacial score (nSPS) is 19.9. The average Bonchev–Trinajstić information content (AvgIpc) is 2.54. The third kappa shape index (κ3) is 5.34. The van der Waals surface area contributed by atoms with E-state index in [-0.39, 0.29) is 36.6 Å². The summed E-state index contributed by atoms with van der Waals surface area (Å²) in [5.74, 6) is 0.609. The third-order valence-electron chi connectivity index (χ3n) is 2.93. The summed E-state index contributed by atoms with van der Waals surface area (Å²) in [6.45, 7) is 4.12. The van der Waals surface area contributed by atoms with Gasteiger partial charge >= 0.3 is 0 Å². The van der Waals surface area contributed by atoms with Crippen molar-refractivity contribution >= 4 is 29.9 Å². The molecule has 96 valence electrons. The molecule has 3 N–H and O–H groups in total. The second-order valence-corrected chi connectivity index (χ2v) is 4.13. The lowest BCUT2D eigenvalue weighted by atomic mass is 10.2. The van der Waals surface area contributed by atoms with Crippen LogP contribution in [0.1, 0.15) is 39.0 Å². The summed E-state index contributed by atoms with van der Waals surface area (Å²) in [6.07, 6.45) is 5.82. The molecule has 1 fully saturated rings. The van der Waals surface area contributed by atoms with Gasteiger partial charge in [-0.05, 0) is 19.3 Å². The van der Waals surface area contributed by atoms with Crippen molar-refractivity contribution in [2.75, 3.05) is 19.7 Å². The first-order valence-corrected chi connectivity index (χ1v) is 5.97. The van der Waals surface area contributed by atoms with Crippen LogP contribution in [0, 0.1) is 0 Å². The Morgan fingerprint density at radius 3 is 2.31 bits per heavy atom. The van der Waals surface area contributed by atoms with Crippen molar-refractivity contribution < 1.29 is 5.11 Å². The number of nitrogens with zero attached hydrogens (tertiary/aromatic N) is 2. The largest absolute Gasteiger partial charge is 0.394 e. The molecular formula is C11H24IN3O. The van der Waals surface area contributed by atoms with E-state index in [1.54, 1.807) is 0 Å². The van der Waals surface area contributed by atoms with Crippen molar-refractivity contribution in [2.45, 2.75) is 45.1 Å². The number of likely N-dealkylation sites (tertiary alicyclic amines) is 1. The molecule has 1 heterocycles. The van der Waals surface area contributed by atoms with E-state index in [0.29, 0.717) is 5.96 Å². The van der Waals surface area contributed by atoms with E-state index in [4.69, 9.17) is 10.8 Å². The lowest BCUT2D eigenvalue weighted by Crippen LogP contribution is -2.39. The minimum Gasteiger partial charge on any atom is -0.394 e. The molecule has 0 aliphatic carbocycles. The van der Waals surface area contributed by atoms with E-state index >= 15 is 0 Å². The average molecular weight is 341 g/mol. The predicted molar refractivity (Wildman–Crippen MR) is 78.2 cm³/mol. The summed E-state index contributed by atoms with van der Waals surface area (Å²) in [4.78, 5) is 6.49. The van der Waals surface area contributed by atoms with Crippen molar-refractivity contribution in [3.8, 4) is 0 Å². The zero-order valence-electron chi connectivity index (χ0n) is 10.1. The van der Waals surface area contributed by atoms with Crippen LogP contribution in [0.5, 0.6) is 0 Å². The van der Waals surface area contributed by atoms with Crippen molar-refractivity contribution in [1.82, 2.24) is 4.90 Å². The van der Waals surface area contributed by atoms with E-state index in [1.807, 2.05) is 6.92 Å². The van der Waals surface area contributed by atoms with Crippen molar-refractivity contribution in [2.24, 2.45) is 10.7 Å². The second-order valence-electron chi connectivity index (χ2n) is 4.13. The maximum absolute atomic E-state index is 9.05. The molecule has 5 heteroatoms. The molecule has 0 aromatic heterocycles. The Morgan fingerprint density at radius 1 is 1.31 bits per heavy atom. The Bertz CT molecular complexity index is 199. The summed E-state index contributed by atoms with van der Waals surface area (Å²) in [5.41, 5.74) is 5.93. The van der Waals surface area contributed by atoms with Crippen LogP contribution in [0.2, 0.25) is 0 Å². The van der Waals surface area contributed by atoms with Crippen LogP contribution in [0.3, 0.4) is 0 Å². The summed E-state index contributed by atoms with van der Waals surface area (Å²) in [6, 6.07) is -0.0340. The zero-order chi connectivity index (χ0) is 11.1. The van der Waals surface area contributed by atoms with Gasteiger partial charge < -0.3 is 15.7 Å². The van der Waals surface area contributed by atoms with E-state index < -0.39 is 0 Å². The van der Waals surface area contributed by atoms with Crippen molar-refractivity contribution in [1.29, 1.82) is 0 Å². The lowest BCUT2D eigenvalue weighted by molar-refractivity contribution is 0.262. The Hall–Kier alpha value is -0.0400. The van der Waals surface area contributed by atoms with Crippen molar-refractivity contribution in [3.05, 3.63) is 0 Å². The van der Waals surface area contributed by atoms with Crippen LogP contribution in [0.4, 0.5) is 0 Å². The summed E-state index contributed by atoms with van der Waals surface area (Å²) < 4.78 is 0. The number of rotatable bonds is 3. The van der Waals surface area contributed by atoms with Gasteiger partial charge in [-0.2, -0.15) is 0 Å². The van der Waals surface area contributed by atoms with Gasteiger partial charge in [0.25, 0.3) is 0 Å². The van der Waals surface area contributed by atoms with E-state index in [9.17, 15) is 0 Å². The highest BCUT2D eigenvalue weighted by Crippen LogP contribution is 2.09. The minimum atomic E-state index is -0.0340. The molecule has 0 aromatic carbocycles. The molecule has 16 heavy (non-hydrogen) atoms. The first-order valence-electron chi connectivity index (χ1n) is 5.97. The van der Waals surface area contributed by atoms with Gasteiger partial charge in [0.1, 0.15) is 0 Å². The molecular weight excluding hydrogens is 317 g/mol. The highest BCUT2D eigenvalue weighted by atomic mass is 127. The molecule has 1 rings (SSSR count). The lowest BCUT2D eigenvalue weighted by Gasteiger charge is -2.22. The van der Waals surface area contributed by atoms with Crippen LogP contribution in [0.15, 0.2) is 4.99 Å². The number of aliphatic hydroxyl groups excluding tert-OH is 1. The van der Waals surface area contributed by atoms with Gasteiger partial charge in [-0.1, -0.05) is 19.8 Å². The summed E-state index contributed by atoms with van der Waals surface area (Å²) in [5, 5.41) is 9.05. The highest BCUT2D eigenvalue weighted by molar-refractivity contribution is 14.0. The van der Waals surface area contributed by atoms with Gasteiger partial charge in [-0.25, -0.2) is 4.99 Å². The molecule has 1 aliphatic rings. The number of guanidine groups is 1. The SMILES string of the molecule is CC[C@H](CO)N=C(N)N1CCCCCC1.I. The smallest absolute Gasteiger partial charge is 0.191 e. The molecule has 1 aliphatic heterocycles. The number of aliphatic imine (C=N–C) groups is 1. The highest BCUT2D eigenvalue weighted by Gasteiger charge is 2.12. The molecule has 4 nitrogen and oxygen atoms in total. The Balaban J connectivity index is 0.00000225. The monoisotopic (exact) mass is 341 g/mol. The van der Waals surface area contributed by atoms with Gasteiger partial charge in [0.05, 0.1) is 12.6 Å². The first-order chi connectivity index (χ1) is 7.27. The van der Waals surface area contributed by atoms with Gasteiger partial charge in [0.2, 0.25) is 0 Å². The molecule has 0 bridgehead atoms. The molecule has 0 amide bonds. The van der Waals surface area contributed by atoms with E-state index in [2.05, 4.69) is 9.89 Å². The molecule has 0 spiro atoms. The Kier molecular flexibility index (Phi) is 9.02. The quantitative estimate of drug-likeness (QED) is 0.465. The Labute approximate surface area is 115 Å². The van der Waals surface area contributed by atoms with Crippen LogP contribution in [-0.2, 0) is 0 Å². The topological polar surface area (TPSA) is 61.9 Å². The number of halogens is 1. The molecule has 1 atom stereocenters. The van der Waals surface area contributed by atoms with Crippen LogP contribution in [0.25, 0.3) is 0 Å². The fourth-order valence-corrected chi connectivity index (χ4v) is 1.83. The molecule has 0 saturated carbocycles. The number of hydrogen-bond donors (Lipinski definition) is 2. The maximum atomic E-state index is 9.05. The zero-order valence-corrected chi connectivity index (χ0v) is 12.4. The number of hydrogen-bond acceptors (Lipinski definition) is 2. The van der Waals surface area contributed by atoms with Gasteiger partial charge in [-0.3, -0.25) is 0 Å². The van der Waals surface area contributed by atoms with Crippen LogP contribution in [-0.4, -0.2) is 41.7 Å². The number of nitrogens with two attached hydrogens (primary N) is 1. The Morgan fingerprint density at radius 2 is 1.88 bits per heavy atom. The molecule has 0 radical (unpaired) electrons. The van der Waals surface area contributed by atoms with Gasteiger partial charge in [-0.15, -0.1) is 24.0 Å². The van der Waals surface area contributed by atoms with E-state index in [1.165, 1.54) is 25.7 Å². The van der Waals surface area contributed by atoms with Gasteiger partial charge in [0.15, 0.2) is 5.96 Å². The standard InChI is InChI=1S/C11H23N3O.HI/c1-2-10(9-15)13-11(12)14-7-5-3-4-6-8-14;/h10,15H,2-9H2,1H3,(H2,12,13);1H/t10-;/m1./s1. The molecule has 0 aromatic rings. The fourth-order valence-electron chi connectivity index (χ4n) is 1.83. The maximum Gasteiger partial charge on any atom is 0.191 e. The van der Waals surface area contributed by atoms with Crippen LogP contribution >= 0.6 is 24.0 Å². The van der Waals surface area contributed by atoms with E-state index in [0.717, 1.165) is 19.5 Å². The van der Waals surface area contributed by atoms with Crippen LogP contribution < -0.4 is 5.73 Å². The fraction of sp³-hybridized carbons (Fsp3) is 0.909. The summed E-state index contributed by atoms with van der Waals surface area (Å²) in [7, 11) is 0. The summed E-state index contributed by atoms with van der Waals surface area (Å²) >= 11 is 0. The minimum absolute atomic E-state index is 0. The van der Waals surface area contributed by atoms with Gasteiger partial charge in [0, 0.05) is 13.1 Å². The second kappa shape index (κ2) is 9.04. The predicted octanol–water partition coefficient (Wildman–Crippen LogP) is 1.57. The van der Waals surface area contributed by atoms with Crippen molar-refractivity contribution in [3.63, 3.8) is 0 Å². The molecule has 1 saturated heterocycles. The third-order valence-corrected chi connectivity index (χ3v) is 2.93.